The molecule has 1 aromatic heterocycles. The van der Waals surface area contributed by atoms with Crippen LogP contribution in [0.5, 0.6) is 5.75 Å². The van der Waals surface area contributed by atoms with E-state index < -0.39 is 0 Å². The third-order valence-corrected chi connectivity index (χ3v) is 2.83. The van der Waals surface area contributed by atoms with Gasteiger partial charge in [-0.25, -0.2) is 0 Å². The molecule has 1 aromatic carbocycles. The number of nitrogens with zero attached hydrogens (tertiary/aromatic N) is 4. The maximum atomic E-state index is 12.1. The van der Waals surface area contributed by atoms with Crippen molar-refractivity contribution in [1.82, 2.24) is 20.2 Å². The summed E-state index contributed by atoms with van der Waals surface area (Å²) in [4.78, 5) is 13.3. The molecule has 0 radical (unpaired) electrons. The second-order valence-corrected chi connectivity index (χ2v) is 4.43. The summed E-state index contributed by atoms with van der Waals surface area (Å²) < 4.78 is 5.69. The molecule has 1 N–H and O–H groups in total. The van der Waals surface area contributed by atoms with Gasteiger partial charge in [0, 0.05) is 11.8 Å². The maximum Gasteiger partial charge on any atom is 0.270 e. The lowest BCUT2D eigenvalue weighted by atomic mass is 10.2. The molecule has 7 nitrogen and oxygen atoms in total. The van der Waals surface area contributed by atoms with E-state index >= 15 is 0 Å². The van der Waals surface area contributed by atoms with Crippen LogP contribution in [0.3, 0.4) is 0 Å². The average Bonchev–Trinajstić information content (AvgIpc) is 2.95. The molecule has 0 aliphatic carbocycles. The largest absolute Gasteiger partial charge is 0.491 e. The summed E-state index contributed by atoms with van der Waals surface area (Å²) in [7, 11) is 0. The molecular formula is C14H17N5O2. The Kier molecular flexibility index (Phi) is 4.65. The number of amides is 1. The summed E-state index contributed by atoms with van der Waals surface area (Å²) in [6.07, 6.45) is 2.37. The normalized spacial score (nSPS) is 11.7. The van der Waals surface area contributed by atoms with Gasteiger partial charge in [0.25, 0.3) is 11.9 Å². The first-order chi connectivity index (χ1) is 10.1. The summed E-state index contributed by atoms with van der Waals surface area (Å²) in [6.45, 7) is 7.51. The number of hydrogen-bond donors (Lipinski definition) is 1. The molecule has 0 bridgehead atoms. The number of rotatable bonds is 6. The minimum Gasteiger partial charge on any atom is -0.491 e. The van der Waals surface area contributed by atoms with Crippen LogP contribution in [0.25, 0.3) is 6.20 Å². The Hall–Kier alpha value is -2.70. The van der Waals surface area contributed by atoms with Crippen molar-refractivity contribution in [3.8, 4) is 5.75 Å². The standard InChI is InChI=1S/C14H17N5O2/c1-4-10(3)21-12-8-6-7-11(9-12)13(20)15-14-16-18-19(5-2)17-14/h5-10H,2,4H2,1,3H3,(H,15,17,20)/t10-/m0/s1. The van der Waals surface area contributed by atoms with Gasteiger partial charge >= 0.3 is 0 Å². The summed E-state index contributed by atoms with van der Waals surface area (Å²) >= 11 is 0. The third-order valence-electron chi connectivity index (χ3n) is 2.83. The fourth-order valence-electron chi connectivity index (χ4n) is 1.55. The van der Waals surface area contributed by atoms with Gasteiger partial charge in [-0.3, -0.25) is 10.1 Å². The van der Waals surface area contributed by atoms with Crippen LogP contribution in [0.1, 0.15) is 30.6 Å². The van der Waals surface area contributed by atoms with E-state index in [1.807, 2.05) is 19.9 Å². The quantitative estimate of drug-likeness (QED) is 0.880. The average molecular weight is 287 g/mol. The molecule has 1 amide bonds. The molecule has 0 spiro atoms. The van der Waals surface area contributed by atoms with Crippen LogP contribution < -0.4 is 10.1 Å². The number of nitrogens with one attached hydrogen (secondary N) is 1. The van der Waals surface area contributed by atoms with E-state index in [0.29, 0.717) is 11.3 Å². The van der Waals surface area contributed by atoms with E-state index in [9.17, 15) is 4.79 Å². The monoisotopic (exact) mass is 287 g/mol. The Labute approximate surface area is 122 Å². The summed E-state index contributed by atoms with van der Waals surface area (Å²) in [6, 6.07) is 6.95. The molecule has 2 aromatic rings. The van der Waals surface area contributed by atoms with E-state index in [0.717, 1.165) is 11.2 Å². The molecule has 110 valence electrons. The number of carbonyl (C=O) groups excluding carboxylic acids is 1. The molecule has 0 fully saturated rings. The number of benzene rings is 1. The van der Waals surface area contributed by atoms with Crippen molar-refractivity contribution in [3.05, 3.63) is 36.4 Å². The summed E-state index contributed by atoms with van der Waals surface area (Å²) in [5.41, 5.74) is 0.464. The van der Waals surface area contributed by atoms with Gasteiger partial charge in [-0.1, -0.05) is 24.7 Å². The zero-order valence-corrected chi connectivity index (χ0v) is 12.0. The van der Waals surface area contributed by atoms with Crippen LogP contribution in [0.4, 0.5) is 5.95 Å². The van der Waals surface area contributed by atoms with E-state index in [-0.39, 0.29) is 18.0 Å². The van der Waals surface area contributed by atoms with Crippen molar-refractivity contribution in [1.29, 1.82) is 0 Å². The Balaban J connectivity index is 2.08. The Morgan fingerprint density at radius 1 is 1.57 bits per heavy atom. The Bertz CT molecular complexity index is 638. The fourth-order valence-corrected chi connectivity index (χ4v) is 1.55. The molecule has 0 unspecified atom stereocenters. The predicted octanol–water partition coefficient (Wildman–Crippen LogP) is 2.20. The van der Waals surface area contributed by atoms with Gasteiger partial charge < -0.3 is 4.74 Å². The van der Waals surface area contributed by atoms with E-state index in [1.165, 1.54) is 6.20 Å². The Morgan fingerprint density at radius 3 is 3.05 bits per heavy atom. The second kappa shape index (κ2) is 6.65. The highest BCUT2D eigenvalue weighted by Gasteiger charge is 2.11. The van der Waals surface area contributed by atoms with Gasteiger partial charge in [0.2, 0.25) is 0 Å². The van der Waals surface area contributed by atoms with Gasteiger partial charge in [0.05, 0.1) is 6.10 Å². The highest BCUT2D eigenvalue weighted by molar-refractivity contribution is 6.03. The molecule has 0 aliphatic heterocycles. The van der Waals surface area contributed by atoms with Crippen LogP contribution in [0.15, 0.2) is 30.8 Å². The van der Waals surface area contributed by atoms with Gasteiger partial charge in [-0.15, -0.1) is 9.90 Å². The number of anilines is 1. The minimum atomic E-state index is -0.326. The number of hydrogen-bond acceptors (Lipinski definition) is 5. The molecule has 0 saturated carbocycles. The van der Waals surface area contributed by atoms with Gasteiger partial charge in [-0.05, 0) is 36.8 Å². The van der Waals surface area contributed by atoms with E-state index in [1.54, 1.807) is 18.2 Å². The lowest BCUT2D eigenvalue weighted by Crippen LogP contribution is -2.14. The highest BCUT2D eigenvalue weighted by atomic mass is 16.5. The Morgan fingerprint density at radius 2 is 2.38 bits per heavy atom. The summed E-state index contributed by atoms with van der Waals surface area (Å²) in [5.74, 6) is 0.445. The van der Waals surface area contributed by atoms with Crippen LogP contribution in [-0.2, 0) is 0 Å². The zero-order chi connectivity index (χ0) is 15.2. The second-order valence-electron chi connectivity index (χ2n) is 4.43. The third kappa shape index (κ3) is 3.88. The van der Waals surface area contributed by atoms with Crippen molar-refractivity contribution in [3.63, 3.8) is 0 Å². The number of tetrazole rings is 1. The predicted molar refractivity (Wildman–Crippen MR) is 79.0 cm³/mol. The summed E-state index contributed by atoms with van der Waals surface area (Å²) in [5, 5.41) is 13.8. The molecular weight excluding hydrogens is 270 g/mol. The van der Waals surface area contributed by atoms with Crippen molar-refractivity contribution < 1.29 is 9.53 Å². The minimum absolute atomic E-state index is 0.0949. The van der Waals surface area contributed by atoms with Crippen molar-refractivity contribution in [2.24, 2.45) is 0 Å². The van der Waals surface area contributed by atoms with Crippen LogP contribution in [0, 0.1) is 0 Å². The maximum absolute atomic E-state index is 12.1. The van der Waals surface area contributed by atoms with E-state index in [2.05, 4.69) is 27.3 Å². The number of aromatic nitrogens is 4. The first-order valence-electron chi connectivity index (χ1n) is 6.62. The molecule has 0 saturated heterocycles. The topological polar surface area (TPSA) is 81.9 Å². The molecule has 1 heterocycles. The van der Waals surface area contributed by atoms with Crippen molar-refractivity contribution in [2.75, 3.05) is 5.32 Å². The number of ether oxygens (including phenoxy) is 1. The first kappa shape index (κ1) is 14.7. The highest BCUT2D eigenvalue weighted by Crippen LogP contribution is 2.16. The molecule has 21 heavy (non-hydrogen) atoms. The lowest BCUT2D eigenvalue weighted by Gasteiger charge is -2.13. The zero-order valence-electron chi connectivity index (χ0n) is 12.0. The van der Waals surface area contributed by atoms with Gasteiger partial charge in [0.15, 0.2) is 0 Å². The molecule has 7 heteroatoms. The van der Waals surface area contributed by atoms with Gasteiger partial charge in [0.1, 0.15) is 5.75 Å². The fraction of sp³-hybridized carbons (Fsp3) is 0.286. The van der Waals surface area contributed by atoms with E-state index in [4.69, 9.17) is 4.74 Å². The molecule has 1 atom stereocenters. The smallest absolute Gasteiger partial charge is 0.270 e. The molecule has 0 aliphatic rings. The van der Waals surface area contributed by atoms with Crippen molar-refractivity contribution in [2.45, 2.75) is 26.4 Å². The molecule has 2 rings (SSSR count). The first-order valence-corrected chi connectivity index (χ1v) is 6.62. The van der Waals surface area contributed by atoms with Crippen molar-refractivity contribution >= 4 is 18.1 Å². The van der Waals surface area contributed by atoms with Crippen LogP contribution >= 0.6 is 0 Å². The SMILES string of the molecule is C=Cn1nnc(NC(=O)c2cccc(O[C@@H](C)CC)c2)n1. The lowest BCUT2D eigenvalue weighted by molar-refractivity contribution is 0.102. The van der Waals surface area contributed by atoms with Crippen LogP contribution in [0.2, 0.25) is 0 Å². The number of carbonyl (C=O) groups is 1. The van der Waals surface area contributed by atoms with Crippen LogP contribution in [-0.4, -0.2) is 32.2 Å². The van der Waals surface area contributed by atoms with Gasteiger partial charge in [-0.2, -0.15) is 0 Å².